The van der Waals surface area contributed by atoms with Crippen molar-refractivity contribution in [1.29, 1.82) is 0 Å². The molecule has 0 aromatic carbocycles. The Morgan fingerprint density at radius 3 is 1.09 bits per heavy atom. The van der Waals surface area contributed by atoms with Gasteiger partial charge in [-0.1, -0.05) is 180 Å². The lowest BCUT2D eigenvalue weighted by Gasteiger charge is -2.22. The van der Waals surface area contributed by atoms with E-state index < -0.39 is 0 Å². The quantitative estimate of drug-likeness (QED) is 0.0378. The predicted molar refractivity (Wildman–Crippen MR) is 237 cm³/mol. The van der Waals surface area contributed by atoms with Crippen LogP contribution in [-0.2, 0) is 19.1 Å². The molecular formula is C49H93NO5. The third-order valence-corrected chi connectivity index (χ3v) is 10.8. The molecule has 0 radical (unpaired) electrons. The number of ether oxygens (including phenoxy) is 2. The highest BCUT2D eigenvalue weighted by Crippen LogP contribution is 2.18. The van der Waals surface area contributed by atoms with E-state index in [1.807, 2.05) is 0 Å². The summed E-state index contributed by atoms with van der Waals surface area (Å²) in [4.78, 5) is 27.3. The van der Waals surface area contributed by atoms with Gasteiger partial charge in [0.1, 0.15) is 0 Å². The molecule has 55 heavy (non-hydrogen) atoms. The molecule has 0 aromatic rings. The second-order valence-corrected chi connectivity index (χ2v) is 16.3. The maximum atomic E-state index is 12.4. The van der Waals surface area contributed by atoms with Crippen molar-refractivity contribution in [2.45, 2.75) is 240 Å². The molecule has 0 atom stereocenters. The fourth-order valence-corrected chi connectivity index (χ4v) is 7.48. The summed E-state index contributed by atoms with van der Waals surface area (Å²) in [5.41, 5.74) is 2.53. The number of hydrogen-bond acceptors (Lipinski definition) is 6. The smallest absolute Gasteiger partial charge is 0.330 e. The number of carbonyl (C=O) groups is 2. The van der Waals surface area contributed by atoms with Gasteiger partial charge >= 0.3 is 11.9 Å². The molecular weight excluding hydrogens is 683 g/mol. The molecule has 0 aliphatic carbocycles. The third-order valence-electron chi connectivity index (χ3n) is 10.8. The molecule has 0 aliphatic heterocycles. The van der Waals surface area contributed by atoms with Crippen molar-refractivity contribution in [3.05, 3.63) is 23.3 Å². The van der Waals surface area contributed by atoms with Crippen LogP contribution in [0.4, 0.5) is 0 Å². The van der Waals surface area contributed by atoms with Crippen molar-refractivity contribution < 1.29 is 24.2 Å². The number of allylic oxidation sites excluding steroid dienone is 2. The number of rotatable bonds is 43. The van der Waals surface area contributed by atoms with Crippen LogP contribution in [0.3, 0.4) is 0 Å². The van der Waals surface area contributed by atoms with E-state index in [2.05, 4.69) is 32.6 Å². The molecule has 0 saturated carbocycles. The Kier molecular flexibility index (Phi) is 42.2. The molecule has 324 valence electrons. The van der Waals surface area contributed by atoms with Crippen LogP contribution in [0.1, 0.15) is 240 Å². The Hall–Kier alpha value is -1.66. The monoisotopic (exact) mass is 776 g/mol. The molecule has 0 bridgehead atoms. The van der Waals surface area contributed by atoms with E-state index >= 15 is 0 Å². The second-order valence-electron chi connectivity index (χ2n) is 16.3. The molecule has 6 heteroatoms. The number of esters is 2. The van der Waals surface area contributed by atoms with Gasteiger partial charge in [-0.25, -0.2) is 9.59 Å². The lowest BCUT2D eigenvalue weighted by Crippen LogP contribution is -2.27. The first-order valence-corrected chi connectivity index (χ1v) is 24.1. The first-order valence-electron chi connectivity index (χ1n) is 24.1. The van der Waals surface area contributed by atoms with Crippen molar-refractivity contribution in [3.8, 4) is 0 Å². The molecule has 0 rings (SSSR count). The SMILES string of the molecule is CCCCCCCC/C(=C/C(=O)OCCCCCCCCCN(CCCO)CCCCCCCCCOC(=O)/C=C(\CCC)CCCCCCCC)CCC. The Labute approximate surface area is 342 Å². The number of aliphatic hydroxyl groups excluding tert-OH is 1. The standard InChI is InChI=1S/C49H93NO5/c1-5-9-11-13-21-27-36-46(34-7-3)44-48(52)54-42-31-25-19-15-17-23-29-38-50(40-33-41-51)39-30-24-18-16-20-26-32-43-55-49(53)45-47(35-8-4)37-28-22-14-12-10-6-2/h44-45,51H,5-43H2,1-4H3/b46-44+,47-45+. The molecule has 0 heterocycles. The predicted octanol–water partition coefficient (Wildman–Crippen LogP) is 14.2. The van der Waals surface area contributed by atoms with Gasteiger partial charge in [0.15, 0.2) is 0 Å². The van der Waals surface area contributed by atoms with Crippen molar-refractivity contribution in [2.24, 2.45) is 0 Å². The van der Waals surface area contributed by atoms with Gasteiger partial charge in [-0.3, -0.25) is 0 Å². The van der Waals surface area contributed by atoms with E-state index in [0.717, 1.165) is 90.3 Å². The Morgan fingerprint density at radius 1 is 0.400 bits per heavy atom. The lowest BCUT2D eigenvalue weighted by molar-refractivity contribution is -0.138. The minimum Gasteiger partial charge on any atom is -0.463 e. The first kappa shape index (κ1) is 53.3. The lowest BCUT2D eigenvalue weighted by atomic mass is 10.0. The highest BCUT2D eigenvalue weighted by Gasteiger charge is 2.07. The summed E-state index contributed by atoms with van der Waals surface area (Å²) < 4.78 is 11.1. The van der Waals surface area contributed by atoms with Gasteiger partial charge in [-0.2, -0.15) is 0 Å². The van der Waals surface area contributed by atoms with E-state index in [4.69, 9.17) is 9.47 Å². The third kappa shape index (κ3) is 39.0. The van der Waals surface area contributed by atoms with Crippen LogP contribution in [0.25, 0.3) is 0 Å². The first-order chi connectivity index (χ1) is 27.0. The topological polar surface area (TPSA) is 76.1 Å². The van der Waals surface area contributed by atoms with Gasteiger partial charge in [-0.15, -0.1) is 0 Å². The summed E-state index contributed by atoms with van der Waals surface area (Å²) in [6.07, 6.45) is 42.7. The van der Waals surface area contributed by atoms with Crippen LogP contribution in [0.2, 0.25) is 0 Å². The van der Waals surface area contributed by atoms with Crippen molar-refractivity contribution in [3.63, 3.8) is 0 Å². The van der Waals surface area contributed by atoms with E-state index in [0.29, 0.717) is 13.2 Å². The van der Waals surface area contributed by atoms with Crippen molar-refractivity contribution in [1.82, 2.24) is 4.90 Å². The number of nitrogens with zero attached hydrogens (tertiary/aromatic N) is 1. The van der Waals surface area contributed by atoms with Crippen LogP contribution >= 0.6 is 0 Å². The van der Waals surface area contributed by atoms with Crippen LogP contribution in [0, 0.1) is 0 Å². The van der Waals surface area contributed by atoms with Gasteiger partial charge in [0.2, 0.25) is 0 Å². The number of aliphatic hydroxyl groups is 1. The summed E-state index contributed by atoms with van der Waals surface area (Å²) in [5.74, 6) is -0.288. The van der Waals surface area contributed by atoms with Crippen molar-refractivity contribution in [2.75, 3.05) is 39.5 Å². The summed E-state index contributed by atoms with van der Waals surface area (Å²) in [6.45, 7) is 13.5. The number of carbonyl (C=O) groups excluding carboxylic acids is 2. The summed E-state index contributed by atoms with van der Waals surface area (Å²) in [6, 6.07) is 0. The Morgan fingerprint density at radius 2 is 0.727 bits per heavy atom. The minimum atomic E-state index is -0.144. The summed E-state index contributed by atoms with van der Waals surface area (Å²) >= 11 is 0. The molecule has 0 fully saturated rings. The van der Waals surface area contributed by atoms with E-state index in [9.17, 15) is 14.7 Å². The highest BCUT2D eigenvalue weighted by atomic mass is 16.5. The van der Waals surface area contributed by atoms with Gasteiger partial charge in [-0.05, 0) is 83.7 Å². The zero-order valence-electron chi connectivity index (χ0n) is 37.3. The van der Waals surface area contributed by atoms with Crippen LogP contribution in [-0.4, -0.2) is 61.4 Å². The van der Waals surface area contributed by atoms with Gasteiger partial charge in [0.25, 0.3) is 0 Å². The van der Waals surface area contributed by atoms with E-state index in [1.165, 1.54) is 152 Å². The fourth-order valence-electron chi connectivity index (χ4n) is 7.48. The van der Waals surface area contributed by atoms with Crippen LogP contribution < -0.4 is 0 Å². The molecule has 0 spiro atoms. The molecule has 0 amide bonds. The number of hydrogen-bond donors (Lipinski definition) is 1. The number of unbranched alkanes of at least 4 members (excludes halogenated alkanes) is 22. The average molecular weight is 776 g/mol. The fraction of sp³-hybridized carbons (Fsp3) is 0.878. The summed E-state index contributed by atoms with van der Waals surface area (Å²) in [5, 5.41) is 9.39. The van der Waals surface area contributed by atoms with E-state index in [1.54, 1.807) is 12.2 Å². The van der Waals surface area contributed by atoms with Crippen molar-refractivity contribution >= 4 is 11.9 Å². The minimum absolute atomic E-state index is 0.144. The van der Waals surface area contributed by atoms with E-state index in [-0.39, 0.29) is 18.5 Å². The molecule has 0 unspecified atom stereocenters. The normalized spacial score (nSPS) is 12.2. The van der Waals surface area contributed by atoms with Gasteiger partial charge in [0.05, 0.1) is 13.2 Å². The second kappa shape index (κ2) is 43.5. The van der Waals surface area contributed by atoms with Gasteiger partial charge < -0.3 is 19.5 Å². The highest BCUT2D eigenvalue weighted by molar-refractivity contribution is 5.83. The molecule has 0 saturated heterocycles. The van der Waals surface area contributed by atoms with Crippen LogP contribution in [0.5, 0.6) is 0 Å². The largest absolute Gasteiger partial charge is 0.463 e. The molecule has 0 aliphatic rings. The zero-order chi connectivity index (χ0) is 40.3. The molecule has 0 aromatic heterocycles. The summed E-state index contributed by atoms with van der Waals surface area (Å²) in [7, 11) is 0. The zero-order valence-corrected chi connectivity index (χ0v) is 37.3. The van der Waals surface area contributed by atoms with Crippen LogP contribution in [0.15, 0.2) is 23.3 Å². The maximum Gasteiger partial charge on any atom is 0.330 e. The maximum absolute atomic E-state index is 12.4. The average Bonchev–Trinajstić information content (AvgIpc) is 3.17. The Balaban J connectivity index is 3.93. The molecule has 6 nitrogen and oxygen atoms in total. The Bertz CT molecular complexity index is 832. The molecule has 1 N–H and O–H groups in total. The van der Waals surface area contributed by atoms with Gasteiger partial charge in [0, 0.05) is 25.3 Å².